The van der Waals surface area contributed by atoms with Crippen LogP contribution in [-0.4, -0.2) is 67.6 Å². The molecule has 0 spiro atoms. The Morgan fingerprint density at radius 3 is 2.53 bits per heavy atom. The maximum atomic E-state index is 13.2. The van der Waals surface area contributed by atoms with Crippen molar-refractivity contribution in [2.75, 3.05) is 26.2 Å². The molecule has 1 amide bonds. The van der Waals surface area contributed by atoms with Gasteiger partial charge in [0.25, 0.3) is 5.91 Å². The number of piperazine rings is 1. The second-order valence-corrected chi connectivity index (χ2v) is 10.5. The number of ether oxygens (including phenoxy) is 1. The molecule has 6 rings (SSSR count). The molecule has 0 aliphatic carbocycles. The average Bonchev–Trinajstić information content (AvgIpc) is 3.60. The van der Waals surface area contributed by atoms with E-state index in [1.54, 1.807) is 0 Å². The molecule has 43 heavy (non-hydrogen) atoms. The van der Waals surface area contributed by atoms with Crippen LogP contribution in [0.25, 0.3) is 22.5 Å². The van der Waals surface area contributed by atoms with E-state index < -0.39 is 0 Å². The van der Waals surface area contributed by atoms with Crippen LogP contribution >= 0.6 is 0 Å². The van der Waals surface area contributed by atoms with Gasteiger partial charge in [-0.05, 0) is 59.0 Å². The highest BCUT2D eigenvalue weighted by Crippen LogP contribution is 2.32. The van der Waals surface area contributed by atoms with Crippen molar-refractivity contribution in [3.8, 4) is 28.4 Å². The molecule has 3 heterocycles. The van der Waals surface area contributed by atoms with E-state index in [9.17, 15) is 4.79 Å². The van der Waals surface area contributed by atoms with Gasteiger partial charge in [-0.2, -0.15) is 10.2 Å². The number of carbonyl (C=O) groups excluding carboxylic acids is 1. The Kier molecular flexibility index (Phi) is 8.46. The van der Waals surface area contributed by atoms with Crippen LogP contribution in [0.4, 0.5) is 0 Å². The highest BCUT2D eigenvalue weighted by molar-refractivity contribution is 5.94. The summed E-state index contributed by atoms with van der Waals surface area (Å²) in [6.45, 7) is 7.33. The van der Waals surface area contributed by atoms with Gasteiger partial charge in [-0.1, -0.05) is 61.5 Å². The van der Waals surface area contributed by atoms with E-state index in [0.717, 1.165) is 58.6 Å². The molecular formula is C33H34N8O2. The third-order valence-corrected chi connectivity index (χ3v) is 7.59. The Morgan fingerprint density at radius 2 is 1.77 bits per heavy atom. The number of aryl methyl sites for hydroxylation is 2. The van der Waals surface area contributed by atoms with Crippen molar-refractivity contribution in [1.82, 2.24) is 40.8 Å². The van der Waals surface area contributed by atoms with Gasteiger partial charge < -0.3 is 15.0 Å². The summed E-state index contributed by atoms with van der Waals surface area (Å²) in [4.78, 5) is 24.5. The number of amides is 1. The van der Waals surface area contributed by atoms with Crippen molar-refractivity contribution in [2.24, 2.45) is 0 Å². The first kappa shape index (κ1) is 28.2. The Hall–Kier alpha value is -4.96. The maximum absolute atomic E-state index is 13.2. The van der Waals surface area contributed by atoms with Crippen molar-refractivity contribution in [3.05, 3.63) is 107 Å². The van der Waals surface area contributed by atoms with Crippen LogP contribution in [-0.2, 0) is 19.4 Å². The van der Waals surface area contributed by atoms with Gasteiger partial charge in [0.05, 0.1) is 5.69 Å². The molecule has 1 aliphatic rings. The number of nitrogens with one attached hydrogen (secondary N) is 2. The fourth-order valence-electron chi connectivity index (χ4n) is 5.45. The van der Waals surface area contributed by atoms with Gasteiger partial charge in [0.15, 0.2) is 0 Å². The molecule has 0 unspecified atom stereocenters. The minimum Gasteiger partial charge on any atom is -0.472 e. The largest absolute Gasteiger partial charge is 0.472 e. The van der Waals surface area contributed by atoms with E-state index >= 15 is 0 Å². The van der Waals surface area contributed by atoms with Gasteiger partial charge >= 0.3 is 0 Å². The molecule has 1 aliphatic heterocycles. The van der Waals surface area contributed by atoms with Crippen LogP contribution in [0.1, 0.15) is 45.5 Å². The number of aromatic nitrogens is 6. The zero-order valence-corrected chi connectivity index (χ0v) is 24.4. The topological polar surface area (TPSA) is 122 Å². The summed E-state index contributed by atoms with van der Waals surface area (Å²) in [6, 6.07) is 24.1. The van der Waals surface area contributed by atoms with Crippen LogP contribution in [0.5, 0.6) is 5.88 Å². The minimum atomic E-state index is 0.0621. The van der Waals surface area contributed by atoms with E-state index in [0.29, 0.717) is 49.2 Å². The molecule has 2 aromatic heterocycles. The smallest absolute Gasteiger partial charge is 0.253 e. The Balaban J connectivity index is 1.27. The molecule has 0 saturated carbocycles. The van der Waals surface area contributed by atoms with Gasteiger partial charge in [-0.3, -0.25) is 4.79 Å². The molecule has 0 atom stereocenters. The molecule has 10 nitrogen and oxygen atoms in total. The number of aromatic amines is 1. The predicted octanol–water partition coefficient (Wildman–Crippen LogP) is 4.41. The second-order valence-electron chi connectivity index (χ2n) is 10.5. The Morgan fingerprint density at radius 1 is 0.930 bits per heavy atom. The molecule has 3 aromatic carbocycles. The number of nitrogens with zero attached hydrogens (tertiary/aromatic N) is 6. The van der Waals surface area contributed by atoms with Crippen molar-refractivity contribution in [2.45, 2.75) is 33.3 Å². The van der Waals surface area contributed by atoms with E-state index in [1.165, 1.54) is 0 Å². The lowest BCUT2D eigenvalue weighted by Gasteiger charge is -2.27. The molecule has 10 heteroatoms. The lowest BCUT2D eigenvalue weighted by molar-refractivity contribution is 0.0735. The van der Waals surface area contributed by atoms with Gasteiger partial charge in [0.1, 0.15) is 12.4 Å². The average molecular weight is 575 g/mol. The SMILES string of the molecule is CCc1nc(C)nc(OCc2ccc(-c3ccccc3)c(-c3nn[nH]n3)c2)c1Cc1cccc(C(=O)N2CCNCC2)c1. The first-order valence-corrected chi connectivity index (χ1v) is 14.6. The lowest BCUT2D eigenvalue weighted by atomic mass is 9.97. The van der Waals surface area contributed by atoms with Crippen LogP contribution in [0.3, 0.4) is 0 Å². The summed E-state index contributed by atoms with van der Waals surface area (Å²) in [6.07, 6.45) is 1.30. The van der Waals surface area contributed by atoms with Gasteiger partial charge in [-0.25, -0.2) is 4.98 Å². The Labute approximate surface area is 250 Å². The van der Waals surface area contributed by atoms with Crippen LogP contribution in [0.2, 0.25) is 0 Å². The number of benzene rings is 3. The van der Waals surface area contributed by atoms with Crippen molar-refractivity contribution < 1.29 is 9.53 Å². The molecule has 1 saturated heterocycles. The van der Waals surface area contributed by atoms with Crippen molar-refractivity contribution >= 4 is 5.91 Å². The maximum Gasteiger partial charge on any atom is 0.253 e. The first-order valence-electron chi connectivity index (χ1n) is 14.6. The molecule has 1 fully saturated rings. The molecule has 2 N–H and O–H groups in total. The van der Waals surface area contributed by atoms with Crippen LogP contribution in [0.15, 0.2) is 72.8 Å². The monoisotopic (exact) mass is 574 g/mol. The third kappa shape index (κ3) is 6.44. The zero-order chi connectivity index (χ0) is 29.6. The molecule has 0 bridgehead atoms. The van der Waals surface area contributed by atoms with Crippen LogP contribution in [0, 0.1) is 6.92 Å². The highest BCUT2D eigenvalue weighted by atomic mass is 16.5. The summed E-state index contributed by atoms with van der Waals surface area (Å²) in [5.74, 6) is 1.79. The predicted molar refractivity (Wildman–Crippen MR) is 164 cm³/mol. The van der Waals surface area contributed by atoms with Gasteiger partial charge in [-0.15, -0.1) is 10.2 Å². The van der Waals surface area contributed by atoms with Crippen molar-refractivity contribution in [1.29, 1.82) is 0 Å². The summed E-state index contributed by atoms with van der Waals surface area (Å²) in [5, 5.41) is 18.1. The van der Waals surface area contributed by atoms with Gasteiger partial charge in [0, 0.05) is 49.3 Å². The second kappa shape index (κ2) is 12.9. The van der Waals surface area contributed by atoms with Crippen LogP contribution < -0.4 is 10.1 Å². The number of carbonyl (C=O) groups is 1. The number of hydrogen-bond donors (Lipinski definition) is 2. The number of rotatable bonds is 9. The number of H-pyrrole nitrogens is 1. The summed E-state index contributed by atoms with van der Waals surface area (Å²) >= 11 is 0. The first-order chi connectivity index (χ1) is 21.1. The molecule has 5 aromatic rings. The third-order valence-electron chi connectivity index (χ3n) is 7.59. The van der Waals surface area contributed by atoms with Gasteiger partial charge in [0.2, 0.25) is 11.7 Å². The number of hydrogen-bond acceptors (Lipinski definition) is 8. The minimum absolute atomic E-state index is 0.0621. The standard InChI is InChI=1S/C33H34N8O2/c1-3-30-29(19-23-8-7-11-26(18-23)33(42)41-16-14-34-15-17-41)32(36-22(2)35-30)43-21-24-12-13-27(25-9-5-4-6-10-25)28(20-24)31-37-39-40-38-31/h4-13,18,20,34H,3,14-17,19,21H2,1-2H3,(H,37,38,39,40). The van der Waals surface area contributed by atoms with E-state index in [4.69, 9.17) is 14.7 Å². The van der Waals surface area contributed by atoms with E-state index in [1.807, 2.05) is 66.4 Å². The Bertz CT molecular complexity index is 1700. The normalized spacial score (nSPS) is 13.2. The summed E-state index contributed by atoms with van der Waals surface area (Å²) < 4.78 is 6.41. The van der Waals surface area contributed by atoms with Crippen molar-refractivity contribution in [3.63, 3.8) is 0 Å². The fourth-order valence-corrected chi connectivity index (χ4v) is 5.45. The lowest BCUT2D eigenvalue weighted by Crippen LogP contribution is -2.46. The van der Waals surface area contributed by atoms with E-state index in [-0.39, 0.29) is 5.91 Å². The summed E-state index contributed by atoms with van der Waals surface area (Å²) in [7, 11) is 0. The highest BCUT2D eigenvalue weighted by Gasteiger charge is 2.20. The van der Waals surface area contributed by atoms with E-state index in [2.05, 4.69) is 51.1 Å². The zero-order valence-electron chi connectivity index (χ0n) is 24.4. The molecule has 0 radical (unpaired) electrons. The summed E-state index contributed by atoms with van der Waals surface area (Å²) in [5.41, 5.74) is 7.46. The molecular weight excluding hydrogens is 540 g/mol. The quantitative estimate of drug-likeness (QED) is 0.266. The molecule has 218 valence electrons. The number of tetrazole rings is 1. The fraction of sp³-hybridized carbons (Fsp3) is 0.273.